The van der Waals surface area contributed by atoms with Crippen LogP contribution in [0.3, 0.4) is 0 Å². The number of imidazole rings is 1. The zero-order valence-corrected chi connectivity index (χ0v) is 15.0. The minimum atomic E-state index is -0.400. The fourth-order valence-electron chi connectivity index (χ4n) is 2.77. The number of hydrogen-bond donors (Lipinski definition) is 1. The van der Waals surface area contributed by atoms with Gasteiger partial charge in [0.15, 0.2) is 5.16 Å². The summed E-state index contributed by atoms with van der Waals surface area (Å²) in [4.78, 5) is 19.5. The molecule has 0 unspecified atom stereocenters. The quantitative estimate of drug-likeness (QED) is 0.354. The molecule has 0 atom stereocenters. The van der Waals surface area contributed by atoms with Gasteiger partial charge >= 0.3 is 0 Å². The molecule has 3 aromatic carbocycles. The second-order valence-electron chi connectivity index (χ2n) is 5.85. The van der Waals surface area contributed by atoms with Gasteiger partial charge in [-0.3, -0.25) is 10.1 Å². The largest absolute Gasteiger partial charge is 0.332 e. The van der Waals surface area contributed by atoms with Crippen molar-refractivity contribution in [3.8, 4) is 22.5 Å². The molecule has 5 nitrogen and oxygen atoms in total. The number of nitro groups is 1. The molecule has 1 aromatic heterocycles. The monoisotopic (exact) mass is 373 g/mol. The van der Waals surface area contributed by atoms with Crippen molar-refractivity contribution in [3.05, 3.63) is 95.0 Å². The van der Waals surface area contributed by atoms with Gasteiger partial charge in [-0.2, -0.15) is 0 Å². The van der Waals surface area contributed by atoms with E-state index >= 15 is 0 Å². The summed E-state index contributed by atoms with van der Waals surface area (Å²) in [5, 5.41) is 11.6. The maximum Gasteiger partial charge on any atom is 0.269 e. The van der Waals surface area contributed by atoms with Crippen molar-refractivity contribution in [3.63, 3.8) is 0 Å². The first-order valence-corrected chi connectivity index (χ1v) is 9.15. The molecule has 0 saturated heterocycles. The SMILES string of the molecule is O=[N+]([O-])c1ccc(Sc2nc(-c3ccccc3)c(-c3ccccc3)[nH]2)cc1. The van der Waals surface area contributed by atoms with Gasteiger partial charge in [0.1, 0.15) is 0 Å². The first kappa shape index (κ1) is 17.1. The van der Waals surface area contributed by atoms with Crippen LogP contribution in [-0.2, 0) is 0 Å². The smallest absolute Gasteiger partial charge is 0.269 e. The predicted octanol–water partition coefficient (Wildman–Crippen LogP) is 5.80. The minimum absolute atomic E-state index is 0.0775. The van der Waals surface area contributed by atoms with Crippen molar-refractivity contribution in [1.82, 2.24) is 9.97 Å². The standard InChI is InChI=1S/C21H15N3O2S/c25-24(26)17-11-13-18(14-12-17)27-21-22-19(15-7-3-1-4-8-15)20(23-21)16-9-5-2-6-10-16/h1-14H,(H,22,23). The van der Waals surface area contributed by atoms with Gasteiger partial charge in [-0.05, 0) is 12.1 Å². The second-order valence-corrected chi connectivity index (χ2v) is 6.91. The summed E-state index contributed by atoms with van der Waals surface area (Å²) in [6.07, 6.45) is 0. The molecule has 1 N–H and O–H groups in total. The molecule has 0 fully saturated rings. The molecule has 0 spiro atoms. The molecule has 0 radical (unpaired) electrons. The van der Waals surface area contributed by atoms with E-state index in [9.17, 15) is 10.1 Å². The van der Waals surface area contributed by atoms with E-state index < -0.39 is 4.92 Å². The van der Waals surface area contributed by atoms with Crippen molar-refractivity contribution in [2.24, 2.45) is 0 Å². The fourth-order valence-corrected chi connectivity index (χ4v) is 3.55. The van der Waals surface area contributed by atoms with Crippen LogP contribution < -0.4 is 0 Å². The number of rotatable bonds is 5. The number of nitro benzene ring substituents is 1. The molecule has 0 bridgehead atoms. The van der Waals surface area contributed by atoms with Gasteiger partial charge in [0, 0.05) is 28.2 Å². The Hall–Kier alpha value is -3.38. The lowest BCUT2D eigenvalue weighted by Crippen LogP contribution is -1.86. The number of non-ortho nitro benzene ring substituents is 1. The van der Waals surface area contributed by atoms with Crippen molar-refractivity contribution in [2.75, 3.05) is 0 Å². The summed E-state index contributed by atoms with van der Waals surface area (Å²) in [5.41, 5.74) is 3.99. The highest BCUT2D eigenvalue weighted by molar-refractivity contribution is 7.99. The van der Waals surface area contributed by atoms with Crippen LogP contribution in [0.2, 0.25) is 0 Å². The van der Waals surface area contributed by atoms with Crippen LogP contribution in [0, 0.1) is 10.1 Å². The average Bonchev–Trinajstić information content (AvgIpc) is 3.13. The highest BCUT2D eigenvalue weighted by Gasteiger charge is 2.15. The first-order valence-electron chi connectivity index (χ1n) is 8.34. The summed E-state index contributed by atoms with van der Waals surface area (Å²) in [5.74, 6) is 0. The zero-order valence-electron chi connectivity index (χ0n) is 14.2. The van der Waals surface area contributed by atoms with E-state index in [0.717, 1.165) is 32.6 Å². The van der Waals surface area contributed by atoms with Crippen molar-refractivity contribution in [2.45, 2.75) is 10.1 Å². The lowest BCUT2D eigenvalue weighted by Gasteiger charge is -2.02. The Bertz CT molecular complexity index is 1000. The summed E-state index contributed by atoms with van der Waals surface area (Å²) >= 11 is 1.44. The second kappa shape index (κ2) is 7.47. The van der Waals surface area contributed by atoms with Gasteiger partial charge in [0.05, 0.1) is 16.3 Å². The Morgan fingerprint density at radius 1 is 0.815 bits per heavy atom. The molecule has 27 heavy (non-hydrogen) atoms. The highest BCUT2D eigenvalue weighted by Crippen LogP contribution is 2.35. The maximum absolute atomic E-state index is 10.8. The van der Waals surface area contributed by atoms with Crippen molar-refractivity contribution >= 4 is 17.4 Å². The summed E-state index contributed by atoms with van der Waals surface area (Å²) in [7, 11) is 0. The Kier molecular flexibility index (Phi) is 4.72. The Balaban J connectivity index is 1.72. The van der Waals surface area contributed by atoms with Gasteiger partial charge in [-0.25, -0.2) is 4.98 Å². The molecule has 0 saturated carbocycles. The van der Waals surface area contributed by atoms with E-state index in [1.165, 1.54) is 23.9 Å². The van der Waals surface area contributed by atoms with E-state index in [4.69, 9.17) is 4.98 Å². The number of hydrogen-bond acceptors (Lipinski definition) is 4. The first-order chi connectivity index (χ1) is 13.2. The molecule has 0 aliphatic rings. The van der Waals surface area contributed by atoms with Gasteiger partial charge < -0.3 is 4.98 Å². The lowest BCUT2D eigenvalue weighted by atomic mass is 10.1. The summed E-state index contributed by atoms with van der Waals surface area (Å²) < 4.78 is 0. The maximum atomic E-state index is 10.8. The number of nitrogens with one attached hydrogen (secondary N) is 1. The molecule has 6 heteroatoms. The molecule has 132 valence electrons. The third kappa shape index (κ3) is 3.75. The van der Waals surface area contributed by atoms with Crippen LogP contribution in [0.4, 0.5) is 5.69 Å². The molecule has 0 aliphatic heterocycles. The molecule has 4 rings (SSSR count). The van der Waals surface area contributed by atoms with E-state index in [-0.39, 0.29) is 5.69 Å². The number of H-pyrrole nitrogens is 1. The van der Waals surface area contributed by atoms with Gasteiger partial charge in [-0.15, -0.1) is 0 Å². The van der Waals surface area contributed by atoms with E-state index in [0.29, 0.717) is 0 Å². The van der Waals surface area contributed by atoms with Crippen LogP contribution in [0.25, 0.3) is 22.5 Å². The van der Waals surface area contributed by atoms with E-state index in [2.05, 4.69) is 4.98 Å². The third-order valence-corrected chi connectivity index (χ3v) is 4.95. The van der Waals surface area contributed by atoms with Crippen molar-refractivity contribution in [1.29, 1.82) is 0 Å². The Morgan fingerprint density at radius 2 is 1.41 bits per heavy atom. The minimum Gasteiger partial charge on any atom is -0.332 e. The van der Waals surface area contributed by atoms with E-state index in [1.807, 2.05) is 60.7 Å². The highest BCUT2D eigenvalue weighted by atomic mass is 32.2. The topological polar surface area (TPSA) is 71.8 Å². The number of benzene rings is 3. The normalized spacial score (nSPS) is 10.7. The predicted molar refractivity (Wildman–Crippen MR) is 107 cm³/mol. The van der Waals surface area contributed by atoms with Gasteiger partial charge in [-0.1, -0.05) is 72.4 Å². The Labute approximate surface area is 160 Å². The molecular weight excluding hydrogens is 358 g/mol. The van der Waals surface area contributed by atoms with Crippen LogP contribution in [0.1, 0.15) is 0 Å². The Morgan fingerprint density at radius 3 is 2.00 bits per heavy atom. The molecular formula is C21H15N3O2S. The average molecular weight is 373 g/mol. The lowest BCUT2D eigenvalue weighted by molar-refractivity contribution is -0.384. The zero-order chi connectivity index (χ0) is 18.6. The van der Waals surface area contributed by atoms with Gasteiger partial charge in [0.25, 0.3) is 5.69 Å². The van der Waals surface area contributed by atoms with Crippen LogP contribution in [0.15, 0.2) is 95.0 Å². The molecule has 0 aliphatic carbocycles. The van der Waals surface area contributed by atoms with Gasteiger partial charge in [0.2, 0.25) is 0 Å². The molecule has 0 amide bonds. The van der Waals surface area contributed by atoms with Crippen LogP contribution >= 0.6 is 11.8 Å². The van der Waals surface area contributed by atoms with Crippen molar-refractivity contribution < 1.29 is 4.92 Å². The van der Waals surface area contributed by atoms with Crippen LogP contribution in [0.5, 0.6) is 0 Å². The van der Waals surface area contributed by atoms with Crippen LogP contribution in [-0.4, -0.2) is 14.9 Å². The summed E-state index contributed by atoms with van der Waals surface area (Å²) in [6.45, 7) is 0. The molecule has 1 heterocycles. The number of aromatic nitrogens is 2. The number of nitrogens with zero attached hydrogens (tertiary/aromatic N) is 2. The van der Waals surface area contributed by atoms with E-state index in [1.54, 1.807) is 12.1 Å². The summed E-state index contributed by atoms with van der Waals surface area (Å²) in [6, 6.07) is 26.5. The third-order valence-electron chi connectivity index (χ3n) is 4.05. The molecule has 4 aromatic rings. The number of aromatic amines is 1. The fraction of sp³-hybridized carbons (Fsp3) is 0.